The van der Waals surface area contributed by atoms with Crippen LogP contribution in [0.4, 0.5) is 0 Å². The molecule has 5 nitrogen and oxygen atoms in total. The third-order valence-electron chi connectivity index (χ3n) is 3.95. The van der Waals surface area contributed by atoms with E-state index in [1.54, 1.807) is 11.8 Å². The number of sulfonamides is 1. The van der Waals surface area contributed by atoms with Crippen molar-refractivity contribution in [2.45, 2.75) is 18.6 Å². The number of nitrogens with one attached hydrogen (secondary N) is 1. The van der Waals surface area contributed by atoms with Crippen molar-refractivity contribution in [3.8, 4) is 0 Å². The Labute approximate surface area is 153 Å². The van der Waals surface area contributed by atoms with Gasteiger partial charge in [0.25, 0.3) is 0 Å². The van der Waals surface area contributed by atoms with Crippen LogP contribution in [-0.4, -0.2) is 50.3 Å². The number of carbonyl (C=O) groups excluding carboxylic acids is 1. The summed E-state index contributed by atoms with van der Waals surface area (Å²) in [5.41, 5.74) is 1.20. The molecule has 134 valence electrons. The molecule has 1 N–H and O–H groups in total. The molecule has 24 heavy (non-hydrogen) atoms. The summed E-state index contributed by atoms with van der Waals surface area (Å²) in [5, 5.41) is 3.65. The summed E-state index contributed by atoms with van der Waals surface area (Å²) in [4.78, 5) is 12.2. The molecular weight excluding hydrogens is 368 g/mol. The Morgan fingerprint density at radius 1 is 1.38 bits per heavy atom. The lowest BCUT2D eigenvalue weighted by Gasteiger charge is -2.30. The van der Waals surface area contributed by atoms with Crippen LogP contribution < -0.4 is 5.32 Å². The maximum atomic E-state index is 12.2. The molecule has 2 rings (SSSR count). The van der Waals surface area contributed by atoms with Crippen LogP contribution in [0.15, 0.2) is 24.3 Å². The number of halogens is 1. The van der Waals surface area contributed by atoms with Crippen LogP contribution in [-0.2, 0) is 20.6 Å². The zero-order valence-corrected chi connectivity index (χ0v) is 16.1. The van der Waals surface area contributed by atoms with Gasteiger partial charge in [0, 0.05) is 36.2 Å². The first kappa shape index (κ1) is 19.6. The highest BCUT2D eigenvalue weighted by Crippen LogP contribution is 2.19. The molecule has 0 aliphatic carbocycles. The molecule has 0 bridgehead atoms. The maximum absolute atomic E-state index is 12.2. The summed E-state index contributed by atoms with van der Waals surface area (Å²) in [6.45, 7) is 1.40. The van der Waals surface area contributed by atoms with Gasteiger partial charge in [-0.1, -0.05) is 23.7 Å². The number of benzene rings is 1. The highest BCUT2D eigenvalue weighted by Gasteiger charge is 2.29. The third kappa shape index (κ3) is 6.27. The minimum atomic E-state index is -3.22. The molecule has 1 aromatic rings. The molecule has 1 saturated heterocycles. The third-order valence-corrected chi connectivity index (χ3v) is 6.50. The van der Waals surface area contributed by atoms with E-state index in [4.69, 9.17) is 11.6 Å². The first-order chi connectivity index (χ1) is 11.4. The molecule has 8 heteroatoms. The zero-order chi connectivity index (χ0) is 17.6. The average molecular weight is 391 g/mol. The van der Waals surface area contributed by atoms with Gasteiger partial charge in [0.15, 0.2) is 0 Å². The van der Waals surface area contributed by atoms with Crippen LogP contribution in [0.25, 0.3) is 0 Å². The minimum Gasteiger partial charge on any atom is -0.355 e. The monoisotopic (exact) mass is 390 g/mol. The standard InChI is InChI=1S/C16H23ClN2O3S2/c1-24(21,22)19-9-2-3-14(11-19)16(20)18-8-10-23-12-13-4-6-15(17)7-5-13/h4-7,14H,2-3,8-12H2,1H3,(H,18,20). The van der Waals surface area contributed by atoms with Gasteiger partial charge in [0.2, 0.25) is 15.9 Å². The van der Waals surface area contributed by atoms with E-state index in [1.807, 2.05) is 24.3 Å². The fourth-order valence-corrected chi connectivity index (χ4v) is 4.48. The number of amides is 1. The second kappa shape index (κ2) is 9.08. The van der Waals surface area contributed by atoms with E-state index in [2.05, 4.69) is 5.32 Å². The molecule has 0 radical (unpaired) electrons. The number of hydrogen-bond acceptors (Lipinski definition) is 4. The second-order valence-corrected chi connectivity index (χ2v) is 9.45. The van der Waals surface area contributed by atoms with Gasteiger partial charge in [-0.25, -0.2) is 12.7 Å². The maximum Gasteiger partial charge on any atom is 0.224 e. The van der Waals surface area contributed by atoms with Crippen molar-refractivity contribution in [2.24, 2.45) is 5.92 Å². The van der Waals surface area contributed by atoms with Gasteiger partial charge in [-0.15, -0.1) is 0 Å². The van der Waals surface area contributed by atoms with Gasteiger partial charge in [-0.2, -0.15) is 11.8 Å². The van der Waals surface area contributed by atoms with Crippen molar-refractivity contribution in [1.29, 1.82) is 0 Å². The lowest BCUT2D eigenvalue weighted by molar-refractivity contribution is -0.125. The molecule has 1 heterocycles. The van der Waals surface area contributed by atoms with Crippen molar-refractivity contribution in [2.75, 3.05) is 31.6 Å². The van der Waals surface area contributed by atoms with Gasteiger partial charge in [0.05, 0.1) is 12.2 Å². The first-order valence-electron chi connectivity index (χ1n) is 7.91. The van der Waals surface area contributed by atoms with E-state index < -0.39 is 10.0 Å². The summed E-state index contributed by atoms with van der Waals surface area (Å²) in [6, 6.07) is 7.73. The number of rotatable bonds is 7. The van der Waals surface area contributed by atoms with Gasteiger partial charge >= 0.3 is 0 Å². The van der Waals surface area contributed by atoms with Gasteiger partial charge in [-0.05, 0) is 30.5 Å². The lowest BCUT2D eigenvalue weighted by atomic mass is 9.99. The summed E-state index contributed by atoms with van der Waals surface area (Å²) < 4.78 is 24.6. The molecule has 1 amide bonds. The molecule has 0 spiro atoms. The Balaban J connectivity index is 1.66. The second-order valence-electron chi connectivity index (χ2n) is 5.93. The van der Waals surface area contributed by atoms with Crippen LogP contribution in [0.1, 0.15) is 18.4 Å². The van der Waals surface area contributed by atoms with E-state index in [1.165, 1.54) is 16.1 Å². The van der Waals surface area contributed by atoms with Crippen LogP contribution >= 0.6 is 23.4 Å². The summed E-state index contributed by atoms with van der Waals surface area (Å²) in [6.07, 6.45) is 2.67. The molecule has 0 aromatic heterocycles. The molecule has 1 aliphatic rings. The number of thioether (sulfide) groups is 1. The Bertz CT molecular complexity index is 650. The molecule has 1 aliphatic heterocycles. The van der Waals surface area contributed by atoms with Crippen LogP contribution in [0.5, 0.6) is 0 Å². The van der Waals surface area contributed by atoms with Crippen molar-refractivity contribution in [1.82, 2.24) is 9.62 Å². The minimum absolute atomic E-state index is 0.0459. The quantitative estimate of drug-likeness (QED) is 0.726. The first-order valence-corrected chi connectivity index (χ1v) is 11.3. The van der Waals surface area contributed by atoms with Crippen molar-refractivity contribution in [3.05, 3.63) is 34.9 Å². The average Bonchev–Trinajstić information content (AvgIpc) is 2.55. The zero-order valence-electron chi connectivity index (χ0n) is 13.7. The Hall–Kier alpha value is -0.760. The molecule has 0 saturated carbocycles. The molecule has 1 aromatic carbocycles. The predicted molar refractivity (Wildman–Crippen MR) is 99.8 cm³/mol. The highest BCUT2D eigenvalue weighted by atomic mass is 35.5. The Morgan fingerprint density at radius 2 is 2.08 bits per heavy atom. The number of hydrogen-bond donors (Lipinski definition) is 1. The SMILES string of the molecule is CS(=O)(=O)N1CCCC(C(=O)NCCSCc2ccc(Cl)cc2)C1. The Kier molecular flexibility index (Phi) is 7.40. The molecule has 1 atom stereocenters. The van der Waals surface area contributed by atoms with E-state index >= 15 is 0 Å². The highest BCUT2D eigenvalue weighted by molar-refractivity contribution is 7.98. The molecular formula is C16H23ClN2O3S2. The summed E-state index contributed by atoms with van der Waals surface area (Å²) >= 11 is 7.59. The summed E-state index contributed by atoms with van der Waals surface area (Å²) in [5.74, 6) is 1.40. The molecule has 1 fully saturated rings. The lowest BCUT2D eigenvalue weighted by Crippen LogP contribution is -2.45. The van der Waals surface area contributed by atoms with Gasteiger partial charge < -0.3 is 5.32 Å². The van der Waals surface area contributed by atoms with Crippen LogP contribution in [0, 0.1) is 5.92 Å². The normalized spacial score (nSPS) is 19.2. The van der Waals surface area contributed by atoms with E-state index in [9.17, 15) is 13.2 Å². The smallest absolute Gasteiger partial charge is 0.224 e. The van der Waals surface area contributed by atoms with E-state index in [0.717, 1.165) is 29.4 Å². The topological polar surface area (TPSA) is 66.5 Å². The van der Waals surface area contributed by atoms with Crippen LogP contribution in [0.2, 0.25) is 5.02 Å². The number of piperidine rings is 1. The number of carbonyl (C=O) groups is 1. The van der Waals surface area contributed by atoms with Gasteiger partial charge in [-0.3, -0.25) is 4.79 Å². The fourth-order valence-electron chi connectivity index (χ4n) is 2.62. The largest absolute Gasteiger partial charge is 0.355 e. The van der Waals surface area contributed by atoms with Crippen molar-refractivity contribution >= 4 is 39.3 Å². The van der Waals surface area contributed by atoms with E-state index in [-0.39, 0.29) is 11.8 Å². The van der Waals surface area contributed by atoms with Crippen molar-refractivity contribution < 1.29 is 13.2 Å². The molecule has 1 unspecified atom stereocenters. The van der Waals surface area contributed by atoms with E-state index in [0.29, 0.717) is 19.6 Å². The fraction of sp³-hybridized carbons (Fsp3) is 0.562. The summed E-state index contributed by atoms with van der Waals surface area (Å²) in [7, 11) is -3.22. The van der Waals surface area contributed by atoms with Crippen molar-refractivity contribution in [3.63, 3.8) is 0 Å². The predicted octanol–water partition coefficient (Wildman–Crippen LogP) is 2.36. The van der Waals surface area contributed by atoms with Crippen LogP contribution in [0.3, 0.4) is 0 Å². The Morgan fingerprint density at radius 3 is 2.75 bits per heavy atom. The number of nitrogens with zero attached hydrogens (tertiary/aromatic N) is 1. The van der Waals surface area contributed by atoms with Gasteiger partial charge in [0.1, 0.15) is 0 Å².